The highest BCUT2D eigenvalue weighted by Gasteiger charge is 2.14. The summed E-state index contributed by atoms with van der Waals surface area (Å²) in [7, 11) is 1.98. The molecule has 1 heterocycles. The summed E-state index contributed by atoms with van der Waals surface area (Å²) in [6.45, 7) is 3.03. The van der Waals surface area contributed by atoms with Crippen molar-refractivity contribution in [3.8, 4) is 0 Å². The van der Waals surface area contributed by atoms with Crippen molar-refractivity contribution in [2.45, 2.75) is 25.8 Å². The van der Waals surface area contributed by atoms with E-state index in [9.17, 15) is 0 Å². The Bertz CT molecular complexity index is 568. The third-order valence-corrected chi connectivity index (χ3v) is 4.22. The van der Waals surface area contributed by atoms with Crippen molar-refractivity contribution < 1.29 is 0 Å². The summed E-state index contributed by atoms with van der Waals surface area (Å²) in [6.07, 6.45) is 3.81. The van der Waals surface area contributed by atoms with E-state index >= 15 is 0 Å². The standard InChI is InChI=1S/C15H19BrClN3/c1-3-18-15(7-5-12-8-9-19-20(12)2)13-6-4-11(16)10-14(13)17/h4,6,8-10,15,18H,3,5,7H2,1-2H3. The number of hydrogen-bond acceptors (Lipinski definition) is 2. The summed E-state index contributed by atoms with van der Waals surface area (Å²) in [5.41, 5.74) is 2.39. The van der Waals surface area contributed by atoms with Crippen molar-refractivity contribution in [2.75, 3.05) is 6.54 Å². The van der Waals surface area contributed by atoms with Crippen LogP contribution in [-0.4, -0.2) is 16.3 Å². The Morgan fingerprint density at radius 1 is 1.40 bits per heavy atom. The normalized spacial score (nSPS) is 12.6. The predicted octanol–water partition coefficient (Wildman–Crippen LogP) is 4.12. The van der Waals surface area contributed by atoms with Gasteiger partial charge in [-0.3, -0.25) is 4.68 Å². The number of rotatable bonds is 6. The molecule has 0 amide bonds. The molecule has 0 saturated carbocycles. The van der Waals surface area contributed by atoms with Gasteiger partial charge in [-0.2, -0.15) is 5.10 Å². The lowest BCUT2D eigenvalue weighted by Gasteiger charge is -2.20. The predicted molar refractivity (Wildman–Crippen MR) is 87.1 cm³/mol. The van der Waals surface area contributed by atoms with Gasteiger partial charge in [0.05, 0.1) is 0 Å². The first-order valence-corrected chi connectivity index (χ1v) is 7.94. The Morgan fingerprint density at radius 2 is 2.20 bits per heavy atom. The van der Waals surface area contributed by atoms with E-state index < -0.39 is 0 Å². The van der Waals surface area contributed by atoms with E-state index in [0.29, 0.717) is 0 Å². The average Bonchev–Trinajstić information content (AvgIpc) is 2.81. The monoisotopic (exact) mass is 355 g/mol. The number of nitrogens with one attached hydrogen (secondary N) is 1. The third-order valence-electron chi connectivity index (χ3n) is 3.40. The highest BCUT2D eigenvalue weighted by atomic mass is 79.9. The molecule has 0 spiro atoms. The molecule has 0 fully saturated rings. The minimum Gasteiger partial charge on any atom is -0.310 e. The molecule has 0 saturated heterocycles. The first-order chi connectivity index (χ1) is 9.61. The van der Waals surface area contributed by atoms with Gasteiger partial charge in [0.25, 0.3) is 0 Å². The molecule has 0 aliphatic carbocycles. The van der Waals surface area contributed by atoms with Gasteiger partial charge in [0.2, 0.25) is 0 Å². The maximum absolute atomic E-state index is 6.36. The van der Waals surface area contributed by atoms with Crippen LogP contribution in [0.4, 0.5) is 0 Å². The van der Waals surface area contributed by atoms with Gasteiger partial charge in [-0.1, -0.05) is 40.5 Å². The molecule has 0 aliphatic heterocycles. The summed E-state index contributed by atoms with van der Waals surface area (Å²) in [5, 5.41) is 8.52. The number of aromatic nitrogens is 2. The van der Waals surface area contributed by atoms with Crippen LogP contribution in [-0.2, 0) is 13.5 Å². The Morgan fingerprint density at radius 3 is 2.80 bits per heavy atom. The molecule has 2 rings (SSSR count). The zero-order valence-corrected chi connectivity index (χ0v) is 14.1. The second kappa shape index (κ2) is 7.25. The van der Waals surface area contributed by atoms with Crippen LogP contribution in [0.1, 0.15) is 30.6 Å². The lowest BCUT2D eigenvalue weighted by molar-refractivity contribution is 0.506. The summed E-state index contributed by atoms with van der Waals surface area (Å²) in [4.78, 5) is 0. The molecule has 0 aliphatic rings. The first-order valence-electron chi connectivity index (χ1n) is 6.77. The summed E-state index contributed by atoms with van der Waals surface area (Å²) < 4.78 is 2.93. The van der Waals surface area contributed by atoms with E-state index in [1.54, 1.807) is 0 Å². The van der Waals surface area contributed by atoms with Gasteiger partial charge in [0.15, 0.2) is 0 Å². The van der Waals surface area contributed by atoms with Crippen molar-refractivity contribution in [2.24, 2.45) is 7.05 Å². The van der Waals surface area contributed by atoms with Crippen molar-refractivity contribution in [1.29, 1.82) is 0 Å². The van der Waals surface area contributed by atoms with Crippen LogP contribution in [0.25, 0.3) is 0 Å². The van der Waals surface area contributed by atoms with Crippen molar-refractivity contribution in [3.63, 3.8) is 0 Å². The van der Waals surface area contributed by atoms with E-state index in [0.717, 1.165) is 34.4 Å². The second-order valence-corrected chi connectivity index (χ2v) is 6.08. The largest absolute Gasteiger partial charge is 0.310 e. The Balaban J connectivity index is 2.12. The number of benzene rings is 1. The van der Waals surface area contributed by atoms with Crippen LogP contribution in [0, 0.1) is 0 Å². The molecule has 20 heavy (non-hydrogen) atoms. The minimum absolute atomic E-state index is 0.260. The fraction of sp³-hybridized carbons (Fsp3) is 0.400. The van der Waals surface area contributed by atoms with E-state index in [2.05, 4.69) is 45.4 Å². The van der Waals surface area contributed by atoms with Crippen molar-refractivity contribution in [1.82, 2.24) is 15.1 Å². The fourth-order valence-corrected chi connectivity index (χ4v) is 3.14. The molecule has 3 nitrogen and oxygen atoms in total. The third kappa shape index (κ3) is 3.84. The first kappa shape index (κ1) is 15.5. The Kier molecular flexibility index (Phi) is 5.64. The summed E-state index contributed by atoms with van der Waals surface area (Å²) >= 11 is 9.81. The van der Waals surface area contributed by atoms with E-state index in [4.69, 9.17) is 11.6 Å². The highest BCUT2D eigenvalue weighted by molar-refractivity contribution is 9.10. The molecule has 1 N–H and O–H groups in total. The number of nitrogens with zero attached hydrogens (tertiary/aromatic N) is 2. The molecule has 1 aromatic heterocycles. The van der Waals surface area contributed by atoms with Crippen LogP contribution < -0.4 is 5.32 Å². The number of hydrogen-bond donors (Lipinski definition) is 1. The second-order valence-electron chi connectivity index (χ2n) is 4.76. The smallest absolute Gasteiger partial charge is 0.0492 e. The summed E-state index contributed by atoms with van der Waals surface area (Å²) in [6, 6.07) is 8.39. The van der Waals surface area contributed by atoms with Crippen LogP contribution >= 0.6 is 27.5 Å². The quantitative estimate of drug-likeness (QED) is 0.844. The maximum atomic E-state index is 6.36. The van der Waals surface area contributed by atoms with Gasteiger partial charge in [-0.25, -0.2) is 0 Å². The van der Waals surface area contributed by atoms with Crippen LogP contribution in [0.2, 0.25) is 5.02 Å². The lowest BCUT2D eigenvalue weighted by Crippen LogP contribution is -2.22. The molecule has 2 aromatic rings. The van der Waals surface area contributed by atoms with Gasteiger partial charge in [-0.05, 0) is 43.1 Å². The van der Waals surface area contributed by atoms with Crippen LogP contribution in [0.5, 0.6) is 0 Å². The molecule has 1 unspecified atom stereocenters. The zero-order valence-electron chi connectivity index (χ0n) is 11.7. The van der Waals surface area contributed by atoms with E-state index in [-0.39, 0.29) is 6.04 Å². The maximum Gasteiger partial charge on any atom is 0.0492 e. The average molecular weight is 357 g/mol. The Labute approximate surface area is 133 Å². The summed E-state index contributed by atoms with van der Waals surface area (Å²) in [5.74, 6) is 0. The van der Waals surface area contributed by atoms with Crippen LogP contribution in [0.15, 0.2) is 34.9 Å². The molecule has 5 heteroatoms. The molecular weight excluding hydrogens is 338 g/mol. The van der Waals surface area contributed by atoms with Crippen LogP contribution in [0.3, 0.4) is 0 Å². The molecule has 1 atom stereocenters. The number of aryl methyl sites for hydroxylation is 2. The van der Waals surface area contributed by atoms with Gasteiger partial charge >= 0.3 is 0 Å². The molecule has 1 aromatic carbocycles. The number of halogens is 2. The van der Waals surface area contributed by atoms with E-state index in [1.807, 2.05) is 30.1 Å². The van der Waals surface area contributed by atoms with Gasteiger partial charge < -0.3 is 5.32 Å². The van der Waals surface area contributed by atoms with Gasteiger partial charge in [-0.15, -0.1) is 0 Å². The zero-order chi connectivity index (χ0) is 14.5. The molecule has 0 radical (unpaired) electrons. The Hall–Kier alpha value is -0.840. The molecular formula is C15H19BrClN3. The topological polar surface area (TPSA) is 29.9 Å². The molecule has 0 bridgehead atoms. The minimum atomic E-state index is 0.260. The highest BCUT2D eigenvalue weighted by Crippen LogP contribution is 2.29. The van der Waals surface area contributed by atoms with Gasteiger partial charge in [0, 0.05) is 34.5 Å². The fourth-order valence-electron chi connectivity index (χ4n) is 2.34. The van der Waals surface area contributed by atoms with Crippen molar-refractivity contribution in [3.05, 3.63) is 51.2 Å². The lowest BCUT2D eigenvalue weighted by atomic mass is 10.0. The van der Waals surface area contributed by atoms with Crippen molar-refractivity contribution >= 4 is 27.5 Å². The SMILES string of the molecule is CCNC(CCc1ccnn1C)c1ccc(Br)cc1Cl. The molecule has 108 valence electrons. The van der Waals surface area contributed by atoms with Gasteiger partial charge in [0.1, 0.15) is 0 Å². The van der Waals surface area contributed by atoms with E-state index in [1.165, 1.54) is 5.69 Å².